The summed E-state index contributed by atoms with van der Waals surface area (Å²) in [7, 11) is 0. The lowest BCUT2D eigenvalue weighted by atomic mass is 10.1. The number of benzene rings is 1. The Kier molecular flexibility index (Phi) is 9.95. The Hall–Kier alpha value is -2.83. The van der Waals surface area contributed by atoms with E-state index in [1.807, 2.05) is 5.32 Å². The Labute approximate surface area is 203 Å². The molecule has 1 aromatic carbocycles. The first kappa shape index (κ1) is 26.4. The number of alkyl halides is 3. The van der Waals surface area contributed by atoms with Crippen LogP contribution in [-0.2, 0) is 9.53 Å². The number of aliphatic carboxylic acids is 1. The van der Waals surface area contributed by atoms with Crippen molar-refractivity contribution in [2.24, 2.45) is 4.99 Å². The van der Waals surface area contributed by atoms with E-state index in [9.17, 15) is 24.6 Å². The van der Waals surface area contributed by atoms with Gasteiger partial charge in [-0.3, -0.25) is 9.79 Å². The van der Waals surface area contributed by atoms with Crippen molar-refractivity contribution in [2.75, 3.05) is 39.4 Å². The van der Waals surface area contributed by atoms with Crippen molar-refractivity contribution < 1.29 is 34.1 Å². The van der Waals surface area contributed by atoms with Gasteiger partial charge in [-0.05, 0) is 12.1 Å². The summed E-state index contributed by atoms with van der Waals surface area (Å²) >= 11 is 16.3. The van der Waals surface area contributed by atoms with Crippen molar-refractivity contribution >= 4 is 58.7 Å². The van der Waals surface area contributed by atoms with Gasteiger partial charge in [0.25, 0.3) is 5.91 Å². The third-order valence-corrected chi connectivity index (χ3v) is 4.30. The molecule has 182 valence electrons. The number of rotatable bonds is 10. The average molecular weight is 527 g/mol. The minimum absolute atomic E-state index is 0.118. The summed E-state index contributed by atoms with van der Waals surface area (Å²) in [4.78, 5) is 39.5. The second kappa shape index (κ2) is 12.4. The molecule has 0 fully saturated rings. The van der Waals surface area contributed by atoms with Crippen molar-refractivity contribution in [3.63, 3.8) is 0 Å². The standard InChI is InChI=1S/C18H22Cl3N5O7/c19-18(20,21)9-33-17(31)26-12(15(29)30)8-25-14(28)11-2-1-10(7-13(11)27)32-6-5-24-16-22-3-4-23-16/h1-2,7,12,27H,3-6,8-9H2,(H,25,28)(H,26,31)(H,29,30)(H2,22,23,24)/t12-/m0/s1. The number of amides is 2. The van der Waals surface area contributed by atoms with Gasteiger partial charge >= 0.3 is 12.1 Å². The van der Waals surface area contributed by atoms with E-state index in [0.717, 1.165) is 6.54 Å². The molecule has 0 radical (unpaired) electrons. The number of phenols is 1. The summed E-state index contributed by atoms with van der Waals surface area (Å²) in [6, 6.07) is 2.50. The number of nitrogens with one attached hydrogen (secondary N) is 4. The molecular formula is C18H22Cl3N5O7. The van der Waals surface area contributed by atoms with Crippen LogP contribution in [0.25, 0.3) is 0 Å². The molecule has 1 heterocycles. The molecule has 6 N–H and O–H groups in total. The predicted octanol–water partition coefficient (Wildman–Crippen LogP) is 0.599. The van der Waals surface area contributed by atoms with E-state index in [-0.39, 0.29) is 17.9 Å². The molecule has 12 nitrogen and oxygen atoms in total. The van der Waals surface area contributed by atoms with Gasteiger partial charge in [0.05, 0.1) is 18.7 Å². The molecule has 1 atom stereocenters. The summed E-state index contributed by atoms with van der Waals surface area (Å²) in [5.41, 5.74) is -0.118. The zero-order valence-electron chi connectivity index (χ0n) is 17.1. The Bertz CT molecular complexity index is 895. The van der Waals surface area contributed by atoms with Crippen LogP contribution in [0.1, 0.15) is 10.4 Å². The molecule has 0 spiro atoms. The molecule has 0 saturated carbocycles. The van der Waals surface area contributed by atoms with Crippen molar-refractivity contribution in [1.82, 2.24) is 21.3 Å². The summed E-state index contributed by atoms with van der Waals surface area (Å²) in [5.74, 6) is -1.56. The zero-order valence-corrected chi connectivity index (χ0v) is 19.3. The number of halogens is 3. The van der Waals surface area contributed by atoms with Gasteiger partial charge in [0, 0.05) is 19.2 Å². The highest BCUT2D eigenvalue weighted by molar-refractivity contribution is 6.67. The molecule has 2 rings (SSSR count). The van der Waals surface area contributed by atoms with Gasteiger partial charge in [-0.1, -0.05) is 34.8 Å². The van der Waals surface area contributed by atoms with Gasteiger partial charge in [0.2, 0.25) is 3.79 Å². The Morgan fingerprint density at radius 2 is 2.03 bits per heavy atom. The van der Waals surface area contributed by atoms with Crippen LogP contribution in [-0.4, -0.2) is 83.4 Å². The fourth-order valence-corrected chi connectivity index (χ4v) is 2.63. The highest BCUT2D eigenvalue weighted by atomic mass is 35.6. The maximum absolute atomic E-state index is 12.3. The highest BCUT2D eigenvalue weighted by Crippen LogP contribution is 2.26. The van der Waals surface area contributed by atoms with Crippen LogP contribution >= 0.6 is 34.8 Å². The van der Waals surface area contributed by atoms with E-state index in [4.69, 9.17) is 39.5 Å². The number of aromatic hydroxyl groups is 1. The van der Waals surface area contributed by atoms with Gasteiger partial charge in [0.1, 0.15) is 30.8 Å². The topological polar surface area (TPSA) is 171 Å². The van der Waals surface area contributed by atoms with Crippen LogP contribution in [0.15, 0.2) is 23.2 Å². The molecule has 1 aliphatic heterocycles. The van der Waals surface area contributed by atoms with Gasteiger partial charge in [-0.25, -0.2) is 9.59 Å². The molecule has 1 aromatic rings. The van der Waals surface area contributed by atoms with Crippen LogP contribution < -0.4 is 26.0 Å². The SMILES string of the molecule is O=C(N[C@@H](CNC(=O)c1ccc(OCCNC2=NCCN2)cc1O)C(=O)O)OCC(Cl)(Cl)Cl. The zero-order chi connectivity index (χ0) is 24.4. The molecule has 0 aliphatic carbocycles. The van der Waals surface area contributed by atoms with Crippen LogP contribution in [0.5, 0.6) is 11.5 Å². The number of carboxylic acid groups (broad SMARTS) is 1. The van der Waals surface area contributed by atoms with Gasteiger partial charge in [0.15, 0.2) is 5.96 Å². The number of carboxylic acids is 1. The number of aliphatic imine (C=N–C) groups is 1. The van der Waals surface area contributed by atoms with Crippen LogP contribution in [0.2, 0.25) is 0 Å². The molecule has 0 saturated heterocycles. The Balaban J connectivity index is 1.82. The van der Waals surface area contributed by atoms with Crippen molar-refractivity contribution in [3.8, 4) is 11.5 Å². The minimum Gasteiger partial charge on any atom is -0.507 e. The van der Waals surface area contributed by atoms with Gasteiger partial charge in [-0.15, -0.1) is 0 Å². The van der Waals surface area contributed by atoms with E-state index < -0.39 is 41.0 Å². The largest absolute Gasteiger partial charge is 0.507 e. The van der Waals surface area contributed by atoms with Crippen molar-refractivity contribution in [2.45, 2.75) is 9.83 Å². The van der Waals surface area contributed by atoms with E-state index in [2.05, 4.69) is 25.7 Å². The Morgan fingerprint density at radius 3 is 2.64 bits per heavy atom. The molecule has 0 bridgehead atoms. The third-order valence-electron chi connectivity index (χ3n) is 3.98. The third kappa shape index (κ3) is 9.68. The summed E-state index contributed by atoms with van der Waals surface area (Å²) < 4.78 is 8.22. The molecule has 2 amide bonds. The number of nitrogens with zero attached hydrogens (tertiary/aromatic N) is 1. The van der Waals surface area contributed by atoms with Crippen molar-refractivity contribution in [1.29, 1.82) is 0 Å². The average Bonchev–Trinajstić information content (AvgIpc) is 3.25. The summed E-state index contributed by atoms with van der Waals surface area (Å²) in [6.45, 7) is 1.15. The number of phenolic OH excluding ortho intramolecular Hbond substituents is 1. The lowest BCUT2D eigenvalue weighted by molar-refractivity contribution is -0.139. The molecule has 0 unspecified atom stereocenters. The predicted molar refractivity (Wildman–Crippen MR) is 120 cm³/mol. The van der Waals surface area contributed by atoms with Crippen molar-refractivity contribution in [3.05, 3.63) is 23.8 Å². The first-order valence-electron chi connectivity index (χ1n) is 9.54. The fraction of sp³-hybridized carbons (Fsp3) is 0.444. The number of alkyl carbamates (subject to hydrolysis) is 1. The molecule has 15 heteroatoms. The fourth-order valence-electron chi connectivity index (χ4n) is 2.47. The smallest absolute Gasteiger partial charge is 0.408 e. The van der Waals surface area contributed by atoms with E-state index in [1.165, 1.54) is 18.2 Å². The number of hydrogen-bond acceptors (Lipinski definition) is 9. The number of carbonyl (C=O) groups is 3. The summed E-state index contributed by atoms with van der Waals surface area (Å²) in [5, 5.41) is 29.8. The maximum atomic E-state index is 12.3. The van der Waals surface area contributed by atoms with E-state index >= 15 is 0 Å². The first-order valence-corrected chi connectivity index (χ1v) is 10.7. The Morgan fingerprint density at radius 1 is 1.27 bits per heavy atom. The number of guanidine groups is 1. The first-order chi connectivity index (χ1) is 15.5. The minimum atomic E-state index is -1.86. The van der Waals surface area contributed by atoms with E-state index in [0.29, 0.717) is 24.8 Å². The number of hydrogen-bond donors (Lipinski definition) is 6. The van der Waals surface area contributed by atoms with E-state index in [1.54, 1.807) is 0 Å². The monoisotopic (exact) mass is 525 g/mol. The van der Waals surface area contributed by atoms with Crippen LogP contribution in [0, 0.1) is 0 Å². The van der Waals surface area contributed by atoms with Crippen LogP contribution in [0.3, 0.4) is 0 Å². The van der Waals surface area contributed by atoms with Crippen LogP contribution in [0.4, 0.5) is 4.79 Å². The maximum Gasteiger partial charge on any atom is 0.408 e. The van der Waals surface area contributed by atoms with Gasteiger partial charge in [-0.2, -0.15) is 0 Å². The molecule has 0 aromatic heterocycles. The normalized spacial score (nSPS) is 13.8. The second-order valence-electron chi connectivity index (χ2n) is 6.55. The van der Waals surface area contributed by atoms with Gasteiger partial charge < -0.3 is 41.0 Å². The second-order valence-corrected chi connectivity index (χ2v) is 9.06. The lowest BCUT2D eigenvalue weighted by Gasteiger charge is -2.17. The number of carbonyl (C=O) groups excluding carboxylic acids is 2. The number of ether oxygens (including phenoxy) is 2. The molecular weight excluding hydrogens is 505 g/mol. The molecule has 33 heavy (non-hydrogen) atoms. The molecule has 1 aliphatic rings. The highest BCUT2D eigenvalue weighted by Gasteiger charge is 2.26. The summed E-state index contributed by atoms with van der Waals surface area (Å²) in [6.07, 6.45) is -1.16. The lowest BCUT2D eigenvalue weighted by Crippen LogP contribution is -2.48. The quantitative estimate of drug-likeness (QED) is 0.189.